The summed E-state index contributed by atoms with van der Waals surface area (Å²) in [5.74, 6) is 2.06. The van der Waals surface area contributed by atoms with Gasteiger partial charge in [0.05, 0.1) is 6.21 Å². The van der Waals surface area contributed by atoms with Crippen LogP contribution in [-0.4, -0.2) is 61.4 Å². The predicted molar refractivity (Wildman–Crippen MR) is 133 cm³/mol. The number of benzene rings is 1. The third-order valence-electron chi connectivity index (χ3n) is 6.18. The average Bonchev–Trinajstić information content (AvgIpc) is 3.25. The quantitative estimate of drug-likeness (QED) is 0.539. The summed E-state index contributed by atoms with van der Waals surface area (Å²) < 4.78 is 0. The lowest BCUT2D eigenvalue weighted by Crippen LogP contribution is -2.30. The van der Waals surface area contributed by atoms with Gasteiger partial charge in [0.25, 0.3) is 0 Å². The summed E-state index contributed by atoms with van der Waals surface area (Å²) >= 11 is 0. The van der Waals surface area contributed by atoms with Crippen LogP contribution >= 0.6 is 0 Å². The van der Waals surface area contributed by atoms with E-state index in [-0.39, 0.29) is 0 Å². The molecule has 2 fully saturated rings. The van der Waals surface area contributed by atoms with E-state index in [1.165, 1.54) is 51.4 Å². The minimum absolute atomic E-state index is 0.514. The summed E-state index contributed by atoms with van der Waals surface area (Å²) in [6, 6.07) is 8.27. The molecule has 1 aromatic heterocycles. The van der Waals surface area contributed by atoms with Crippen molar-refractivity contribution < 1.29 is 0 Å². The molecule has 0 radical (unpaired) electrons. The Balaban J connectivity index is 1.53. The van der Waals surface area contributed by atoms with Crippen LogP contribution < -0.4 is 20.1 Å². The van der Waals surface area contributed by atoms with Gasteiger partial charge in [0.1, 0.15) is 0 Å². The van der Waals surface area contributed by atoms with Gasteiger partial charge in [-0.15, -0.1) is 0 Å². The van der Waals surface area contributed by atoms with Gasteiger partial charge in [-0.3, -0.25) is 0 Å². The molecule has 32 heavy (non-hydrogen) atoms. The Morgan fingerprint density at radius 3 is 1.72 bits per heavy atom. The Labute approximate surface area is 191 Å². The number of aromatic nitrogens is 3. The maximum atomic E-state index is 4.89. The summed E-state index contributed by atoms with van der Waals surface area (Å²) in [5.41, 5.74) is 5.25. The van der Waals surface area contributed by atoms with Crippen molar-refractivity contribution >= 4 is 29.7 Å². The van der Waals surface area contributed by atoms with Crippen LogP contribution in [0.1, 0.15) is 56.9 Å². The molecule has 0 atom stereocenters. The lowest BCUT2D eigenvalue weighted by Gasteiger charge is -2.24. The smallest absolute Gasteiger partial charge is 0.250 e. The number of anilines is 4. The first-order valence-corrected chi connectivity index (χ1v) is 12.0. The van der Waals surface area contributed by atoms with Crippen molar-refractivity contribution in [2.24, 2.45) is 5.10 Å². The number of hydrogen-bond donors (Lipinski definition) is 1. The number of nitrogens with zero attached hydrogens (tertiary/aromatic N) is 7. The first-order chi connectivity index (χ1) is 15.7. The Hall–Kier alpha value is -2.90. The molecule has 1 N–H and O–H groups in total. The molecule has 2 saturated heterocycles. The van der Waals surface area contributed by atoms with Crippen LogP contribution in [0.4, 0.5) is 23.5 Å². The van der Waals surface area contributed by atoms with Crippen LogP contribution in [0.15, 0.2) is 29.4 Å². The van der Waals surface area contributed by atoms with Crippen LogP contribution in [-0.2, 0) is 0 Å². The molecule has 0 spiro atoms. The molecule has 4 rings (SSSR count). The number of hydrogen-bond acceptors (Lipinski definition) is 8. The molecule has 2 aliphatic rings. The minimum atomic E-state index is 0.514. The summed E-state index contributed by atoms with van der Waals surface area (Å²) in [7, 11) is 4.07. The van der Waals surface area contributed by atoms with Gasteiger partial charge in [-0.1, -0.05) is 37.8 Å². The Bertz CT molecular complexity index is 826. The molecule has 2 aliphatic heterocycles. The van der Waals surface area contributed by atoms with E-state index in [4.69, 9.17) is 15.0 Å². The molecule has 0 saturated carbocycles. The molecule has 8 nitrogen and oxygen atoms in total. The fourth-order valence-electron chi connectivity index (χ4n) is 4.25. The predicted octanol–water partition coefficient (Wildman–Crippen LogP) is 4.14. The summed E-state index contributed by atoms with van der Waals surface area (Å²) in [4.78, 5) is 21.1. The Morgan fingerprint density at radius 1 is 0.750 bits per heavy atom. The van der Waals surface area contributed by atoms with Gasteiger partial charge >= 0.3 is 0 Å². The van der Waals surface area contributed by atoms with Crippen molar-refractivity contribution in [3.63, 3.8) is 0 Å². The van der Waals surface area contributed by atoms with Gasteiger partial charge in [0.2, 0.25) is 17.8 Å². The zero-order chi connectivity index (χ0) is 22.2. The molecule has 0 bridgehead atoms. The van der Waals surface area contributed by atoms with E-state index in [2.05, 4.69) is 49.5 Å². The van der Waals surface area contributed by atoms with Crippen molar-refractivity contribution in [3.8, 4) is 0 Å². The van der Waals surface area contributed by atoms with E-state index >= 15 is 0 Å². The highest BCUT2D eigenvalue weighted by Crippen LogP contribution is 2.22. The molecule has 172 valence electrons. The van der Waals surface area contributed by atoms with Crippen molar-refractivity contribution in [1.29, 1.82) is 0 Å². The van der Waals surface area contributed by atoms with Gasteiger partial charge in [-0.2, -0.15) is 20.1 Å². The van der Waals surface area contributed by atoms with Crippen LogP contribution in [0.3, 0.4) is 0 Å². The van der Waals surface area contributed by atoms with E-state index in [1.807, 2.05) is 14.1 Å². The molecule has 1 aromatic carbocycles. The number of nitrogens with one attached hydrogen (secondary N) is 1. The van der Waals surface area contributed by atoms with Gasteiger partial charge < -0.3 is 14.7 Å². The molecule has 0 aliphatic carbocycles. The molecule has 3 heterocycles. The third kappa shape index (κ3) is 6.08. The molecule has 0 amide bonds. The van der Waals surface area contributed by atoms with E-state index in [0.29, 0.717) is 5.95 Å². The van der Waals surface area contributed by atoms with Gasteiger partial charge in [0.15, 0.2) is 0 Å². The lowest BCUT2D eigenvalue weighted by molar-refractivity contribution is 0.726. The zero-order valence-corrected chi connectivity index (χ0v) is 19.5. The number of rotatable bonds is 6. The maximum absolute atomic E-state index is 4.89. The molecule has 0 unspecified atom stereocenters. The van der Waals surface area contributed by atoms with Crippen LogP contribution in [0.25, 0.3) is 0 Å². The fraction of sp³-hybridized carbons (Fsp3) is 0.583. The average molecular weight is 437 g/mol. The highest BCUT2D eigenvalue weighted by atomic mass is 15.4. The SMILES string of the molecule is CN(C)c1ccc(C=NNc2nc(N3CCCCCC3)nc(N3CCCCCC3)n2)cc1. The van der Waals surface area contributed by atoms with E-state index in [9.17, 15) is 0 Å². The van der Waals surface area contributed by atoms with Gasteiger partial charge in [0, 0.05) is 46.0 Å². The zero-order valence-electron chi connectivity index (χ0n) is 19.5. The second-order valence-electron chi connectivity index (χ2n) is 8.92. The topological polar surface area (TPSA) is 72.8 Å². The second-order valence-corrected chi connectivity index (χ2v) is 8.92. The Morgan fingerprint density at radius 2 is 1.25 bits per heavy atom. The highest BCUT2D eigenvalue weighted by molar-refractivity contribution is 5.80. The van der Waals surface area contributed by atoms with Crippen LogP contribution in [0, 0.1) is 0 Å². The van der Waals surface area contributed by atoms with Gasteiger partial charge in [-0.05, 0) is 43.4 Å². The van der Waals surface area contributed by atoms with Crippen molar-refractivity contribution in [1.82, 2.24) is 15.0 Å². The largest absolute Gasteiger partial charge is 0.378 e. The van der Waals surface area contributed by atoms with Crippen LogP contribution in [0.5, 0.6) is 0 Å². The summed E-state index contributed by atoms with van der Waals surface area (Å²) in [6.45, 7) is 4.02. The first kappa shape index (κ1) is 22.3. The number of hydrazone groups is 1. The fourth-order valence-corrected chi connectivity index (χ4v) is 4.25. The van der Waals surface area contributed by atoms with Crippen molar-refractivity contribution in [2.45, 2.75) is 51.4 Å². The molecular formula is C24H36N8. The molecular weight excluding hydrogens is 400 g/mol. The monoisotopic (exact) mass is 436 g/mol. The normalized spacial score (nSPS) is 17.8. The first-order valence-electron chi connectivity index (χ1n) is 12.0. The molecule has 8 heteroatoms. The summed E-state index contributed by atoms with van der Waals surface area (Å²) in [6.07, 6.45) is 11.7. The highest BCUT2D eigenvalue weighted by Gasteiger charge is 2.19. The lowest BCUT2D eigenvalue weighted by atomic mass is 10.2. The van der Waals surface area contributed by atoms with Crippen molar-refractivity contribution in [2.75, 3.05) is 60.4 Å². The standard InChI is InChI=1S/C24H36N8/c1-30(2)21-13-11-20(12-14-21)19-25-29-22-26-23(31-15-7-3-4-8-16-31)28-24(27-22)32-17-9-5-6-10-18-32/h11-14,19H,3-10,15-18H2,1-2H3,(H,26,27,28,29). The van der Waals surface area contributed by atoms with E-state index < -0.39 is 0 Å². The van der Waals surface area contributed by atoms with Crippen LogP contribution in [0.2, 0.25) is 0 Å². The minimum Gasteiger partial charge on any atom is -0.378 e. The maximum Gasteiger partial charge on any atom is 0.250 e. The third-order valence-corrected chi connectivity index (χ3v) is 6.18. The second kappa shape index (κ2) is 11.1. The molecule has 2 aromatic rings. The van der Waals surface area contributed by atoms with Gasteiger partial charge in [-0.25, -0.2) is 5.43 Å². The summed E-state index contributed by atoms with van der Waals surface area (Å²) in [5, 5.41) is 4.42. The Kier molecular flexibility index (Phi) is 7.74. The van der Waals surface area contributed by atoms with Crippen molar-refractivity contribution in [3.05, 3.63) is 29.8 Å². The van der Waals surface area contributed by atoms with E-state index in [1.54, 1.807) is 6.21 Å². The van der Waals surface area contributed by atoms with E-state index in [0.717, 1.165) is 49.3 Å².